The Balaban J connectivity index is 0.000000882. The third kappa shape index (κ3) is 4.09. The Hall–Kier alpha value is -1.47. The summed E-state index contributed by atoms with van der Waals surface area (Å²) in [4.78, 5) is 0. The molecule has 0 aliphatic heterocycles. The fourth-order valence-electron chi connectivity index (χ4n) is 3.01. The van der Waals surface area contributed by atoms with E-state index in [0.717, 1.165) is 12.8 Å². The molecule has 0 radical (unpaired) electrons. The Morgan fingerprint density at radius 1 is 0.609 bits per heavy atom. The topological polar surface area (TPSA) is 0 Å². The van der Waals surface area contributed by atoms with Gasteiger partial charge in [0, 0.05) is 0 Å². The van der Waals surface area contributed by atoms with E-state index in [9.17, 15) is 0 Å². The first kappa shape index (κ1) is 19.6. The van der Waals surface area contributed by atoms with Crippen LogP contribution in [0.5, 0.6) is 0 Å². The monoisotopic (exact) mass is 466 g/mol. The molecule has 0 saturated heterocycles. The van der Waals surface area contributed by atoms with Crippen LogP contribution in [-0.4, -0.2) is 0 Å². The van der Waals surface area contributed by atoms with Gasteiger partial charge in [0.15, 0.2) is 0 Å². The number of aryl methyl sites for hydroxylation is 2. The van der Waals surface area contributed by atoms with Crippen molar-refractivity contribution in [2.24, 2.45) is 0 Å². The van der Waals surface area contributed by atoms with Crippen LogP contribution in [0.4, 0.5) is 0 Å². The molecule has 0 fully saturated rings. The Bertz CT molecular complexity index is 724. The maximum atomic E-state index is 2.32. The van der Waals surface area contributed by atoms with Crippen LogP contribution in [0.2, 0.25) is 0 Å². The van der Waals surface area contributed by atoms with Crippen LogP contribution in [0.1, 0.15) is 11.1 Å². The average Bonchev–Trinajstić information content (AvgIpc) is 3.07. The predicted molar refractivity (Wildman–Crippen MR) is 99.3 cm³/mol. The molecule has 4 aromatic carbocycles. The zero-order valence-corrected chi connectivity index (χ0v) is 17.4. The van der Waals surface area contributed by atoms with Gasteiger partial charge in [-0.25, -0.2) is 0 Å². The quantitative estimate of drug-likeness (QED) is 0.253. The van der Waals surface area contributed by atoms with Crippen molar-refractivity contribution in [2.75, 3.05) is 0 Å². The van der Waals surface area contributed by atoms with Crippen LogP contribution in [0.25, 0.3) is 21.5 Å². The summed E-state index contributed by atoms with van der Waals surface area (Å²) in [7, 11) is 0. The molecule has 0 saturated carbocycles. The van der Waals surface area contributed by atoms with Crippen molar-refractivity contribution in [1.82, 2.24) is 0 Å². The van der Waals surface area contributed by atoms with E-state index < -0.39 is 0 Å². The number of hydrogen-bond donors (Lipinski definition) is 0. The first-order chi connectivity index (χ1) is 9.88. The largest absolute Gasteiger partial charge is 4.00 e. The fourth-order valence-corrected chi connectivity index (χ4v) is 3.01. The van der Waals surface area contributed by atoms with Crippen molar-refractivity contribution in [1.29, 1.82) is 0 Å². The summed E-state index contributed by atoms with van der Waals surface area (Å²) >= 11 is 0. The fraction of sp³-hybridized carbons (Fsp3) is 0.0909. The number of benzene rings is 2. The molecule has 0 aliphatic carbocycles. The third-order valence-corrected chi connectivity index (χ3v) is 4.06. The first-order valence-corrected chi connectivity index (χ1v) is 7.17. The van der Waals surface area contributed by atoms with Crippen molar-refractivity contribution in [3.8, 4) is 0 Å². The van der Waals surface area contributed by atoms with Crippen LogP contribution < -0.4 is 0 Å². The second-order valence-corrected chi connectivity index (χ2v) is 5.49. The van der Waals surface area contributed by atoms with Gasteiger partial charge in [0.05, 0.1) is 0 Å². The van der Waals surface area contributed by atoms with Gasteiger partial charge in [-0.2, -0.15) is 12.1 Å². The van der Waals surface area contributed by atoms with Crippen LogP contribution in [0.15, 0.2) is 72.8 Å². The molecule has 1 heteroatoms. The van der Waals surface area contributed by atoms with Crippen LogP contribution in [0.3, 0.4) is 0 Å². The first-order valence-electron chi connectivity index (χ1n) is 7.17. The van der Waals surface area contributed by atoms with E-state index in [0.29, 0.717) is 0 Å². The zero-order chi connectivity index (χ0) is 13.4. The van der Waals surface area contributed by atoms with Gasteiger partial charge in [0.1, 0.15) is 0 Å². The van der Waals surface area contributed by atoms with Crippen LogP contribution in [-0.2, 0) is 38.7 Å². The summed E-state index contributed by atoms with van der Waals surface area (Å²) in [6.45, 7) is 0. The van der Waals surface area contributed by atoms with E-state index in [4.69, 9.17) is 0 Å². The van der Waals surface area contributed by atoms with E-state index >= 15 is 0 Å². The summed E-state index contributed by atoms with van der Waals surface area (Å²) in [5, 5.41) is 5.43. The number of rotatable bonds is 3. The smallest absolute Gasteiger partial charge is 0.358 e. The molecular formula is C22H22Hf. The van der Waals surface area contributed by atoms with Crippen molar-refractivity contribution in [3.05, 3.63) is 98.8 Å². The van der Waals surface area contributed by atoms with E-state index in [-0.39, 0.29) is 40.7 Å². The summed E-state index contributed by atoms with van der Waals surface area (Å²) in [6, 6.07) is 26.5. The van der Waals surface area contributed by atoms with Gasteiger partial charge in [0.25, 0.3) is 0 Å². The molecule has 0 bridgehead atoms. The van der Waals surface area contributed by atoms with Gasteiger partial charge < -0.3 is 14.9 Å². The molecule has 0 unspecified atom stereocenters. The van der Waals surface area contributed by atoms with Crippen molar-refractivity contribution >= 4 is 21.5 Å². The molecule has 114 valence electrons. The maximum absolute atomic E-state index is 2.32. The second kappa shape index (κ2) is 8.40. The molecular weight excluding hydrogens is 443 g/mol. The van der Waals surface area contributed by atoms with Gasteiger partial charge in [-0.1, -0.05) is 12.1 Å². The molecule has 0 N–H and O–H groups in total. The Morgan fingerprint density at radius 2 is 1.00 bits per heavy atom. The van der Waals surface area contributed by atoms with E-state index in [1.54, 1.807) is 0 Å². The second-order valence-electron chi connectivity index (χ2n) is 5.49. The zero-order valence-electron chi connectivity index (χ0n) is 13.8. The molecule has 0 heterocycles. The Morgan fingerprint density at radius 3 is 1.39 bits per heavy atom. The summed E-state index contributed by atoms with van der Waals surface area (Å²) in [5.41, 5.74) is 2.88. The molecule has 0 spiro atoms. The van der Waals surface area contributed by atoms with Crippen molar-refractivity contribution in [3.63, 3.8) is 0 Å². The van der Waals surface area contributed by atoms with Crippen molar-refractivity contribution < 1.29 is 25.8 Å². The maximum Gasteiger partial charge on any atom is 4.00 e. The SMILES string of the molecule is [CH3-].[CH3-].[Hf+4].c1ccc2[cH-]c(CCc3cc4ccccc4[cH-]3)cc2c1. The summed E-state index contributed by atoms with van der Waals surface area (Å²) in [5.74, 6) is 0. The Labute approximate surface area is 158 Å². The minimum atomic E-state index is 0. The standard InChI is InChI=1S/C20H16.2CH3.Hf/c1-2-6-18-12-15(11-17(18)5-1)9-10-16-13-19-7-3-4-8-20(19)14-16;;;/h1-8,11-14H,9-10H2;2*1H3;/q-2;2*-1;+4. The molecule has 0 amide bonds. The van der Waals surface area contributed by atoms with Gasteiger partial charge >= 0.3 is 25.8 Å². The van der Waals surface area contributed by atoms with Gasteiger partial charge in [-0.15, -0.1) is 81.2 Å². The van der Waals surface area contributed by atoms with Crippen LogP contribution >= 0.6 is 0 Å². The van der Waals surface area contributed by atoms with Crippen molar-refractivity contribution in [2.45, 2.75) is 12.8 Å². The van der Waals surface area contributed by atoms with E-state index in [1.807, 2.05) is 0 Å². The Kier molecular flexibility index (Phi) is 7.15. The molecule has 4 aromatic rings. The molecule has 0 aromatic heterocycles. The summed E-state index contributed by atoms with van der Waals surface area (Å²) in [6.07, 6.45) is 2.23. The van der Waals surface area contributed by atoms with Gasteiger partial charge in [-0.05, 0) is 12.8 Å². The number of hydrogen-bond acceptors (Lipinski definition) is 0. The molecule has 0 aliphatic rings. The molecule has 23 heavy (non-hydrogen) atoms. The van der Waals surface area contributed by atoms with E-state index in [2.05, 4.69) is 72.8 Å². The molecule has 0 nitrogen and oxygen atoms in total. The van der Waals surface area contributed by atoms with Crippen LogP contribution in [0, 0.1) is 14.9 Å². The third-order valence-electron chi connectivity index (χ3n) is 4.06. The minimum Gasteiger partial charge on any atom is -0.358 e. The summed E-state index contributed by atoms with van der Waals surface area (Å²) < 4.78 is 0. The minimum absolute atomic E-state index is 0. The number of fused-ring (bicyclic) bond motifs is 2. The molecule has 0 atom stereocenters. The predicted octanol–water partition coefficient (Wildman–Crippen LogP) is 6.11. The average molecular weight is 465 g/mol. The normalized spacial score (nSPS) is 9.91. The van der Waals surface area contributed by atoms with Gasteiger partial charge in [0.2, 0.25) is 0 Å². The van der Waals surface area contributed by atoms with Gasteiger partial charge in [-0.3, -0.25) is 0 Å². The van der Waals surface area contributed by atoms with E-state index in [1.165, 1.54) is 32.7 Å². The molecule has 4 rings (SSSR count).